The van der Waals surface area contributed by atoms with Crippen LogP contribution in [0.3, 0.4) is 0 Å². The fraction of sp³-hybridized carbons (Fsp3) is 0.694. The Morgan fingerprint density at radius 3 is 2.37 bits per heavy atom. The van der Waals surface area contributed by atoms with Crippen molar-refractivity contribution in [3.63, 3.8) is 0 Å². The molecule has 4 rings (SSSR count). The number of esters is 1. The highest BCUT2D eigenvalue weighted by Crippen LogP contribution is 2.37. The van der Waals surface area contributed by atoms with Crippen LogP contribution >= 0.6 is 0 Å². The van der Waals surface area contributed by atoms with E-state index in [1.807, 2.05) is 58.1 Å². The molecule has 1 aliphatic carbocycles. The van der Waals surface area contributed by atoms with Crippen LogP contribution in [0.25, 0.3) is 0 Å². The molecule has 0 aromatic rings. The topological polar surface area (TPSA) is 186 Å². The fourth-order valence-electron chi connectivity index (χ4n) is 9.27. The van der Waals surface area contributed by atoms with Crippen LogP contribution in [-0.4, -0.2) is 119 Å². The van der Waals surface area contributed by atoms with Gasteiger partial charge in [0.05, 0.1) is 30.5 Å². The summed E-state index contributed by atoms with van der Waals surface area (Å²) >= 11 is 0. The van der Waals surface area contributed by atoms with Gasteiger partial charge in [-0.05, 0) is 113 Å². The molecule has 13 nitrogen and oxygen atoms in total. The lowest BCUT2D eigenvalue weighted by molar-refractivity contribution is -0.221. The summed E-state index contributed by atoms with van der Waals surface area (Å²) in [7, 11) is 3.13. The van der Waals surface area contributed by atoms with Crippen molar-refractivity contribution in [2.75, 3.05) is 20.8 Å². The molecular weight excluding hydrogens is 795 g/mol. The molecule has 13 heteroatoms. The maximum atomic E-state index is 14.2. The van der Waals surface area contributed by atoms with Gasteiger partial charge >= 0.3 is 5.97 Å². The van der Waals surface area contributed by atoms with E-state index in [1.165, 1.54) is 0 Å². The zero-order valence-electron chi connectivity index (χ0n) is 38.1. The highest BCUT2D eigenvalue weighted by atomic mass is 16.6. The molecule has 346 valence electrons. The van der Waals surface area contributed by atoms with E-state index in [-0.39, 0.29) is 92.0 Å². The lowest BCUT2D eigenvalue weighted by Gasteiger charge is -2.40. The first-order valence-electron chi connectivity index (χ1n) is 22.7. The van der Waals surface area contributed by atoms with Gasteiger partial charge in [-0.2, -0.15) is 0 Å². The number of carbonyl (C=O) groups excluding carboxylic acids is 5. The summed E-state index contributed by atoms with van der Waals surface area (Å²) in [6.07, 6.45) is 12.3. The number of Topliss-reactive ketones (excluding diaryl/α,β-unsaturated/α-hetero) is 3. The van der Waals surface area contributed by atoms with Crippen molar-refractivity contribution in [3.05, 3.63) is 59.8 Å². The minimum absolute atomic E-state index is 0.0534. The summed E-state index contributed by atoms with van der Waals surface area (Å²) in [5.74, 6) is -6.38. The Morgan fingerprint density at radius 1 is 0.919 bits per heavy atom. The van der Waals surface area contributed by atoms with Crippen LogP contribution in [0.2, 0.25) is 0 Å². The quantitative estimate of drug-likeness (QED) is 0.161. The van der Waals surface area contributed by atoms with E-state index in [9.17, 15) is 39.3 Å². The van der Waals surface area contributed by atoms with Gasteiger partial charge in [0.2, 0.25) is 0 Å². The van der Waals surface area contributed by atoms with E-state index in [0.717, 1.165) is 16.9 Å². The number of hydrogen-bond acceptors (Lipinski definition) is 12. The molecule has 2 saturated heterocycles. The highest BCUT2D eigenvalue weighted by Gasteiger charge is 2.51. The van der Waals surface area contributed by atoms with Gasteiger partial charge in [0, 0.05) is 52.4 Å². The number of allylic oxidation sites excluding steroid dienone is 6. The maximum Gasteiger partial charge on any atom is 0.329 e. The van der Waals surface area contributed by atoms with Crippen LogP contribution in [0.15, 0.2) is 59.8 Å². The fourth-order valence-corrected chi connectivity index (χ4v) is 9.27. The number of fused-ring (bicyclic) bond motifs is 3. The minimum Gasteiger partial charge on any atom is -0.460 e. The molecule has 3 fully saturated rings. The average molecular weight is 868 g/mol. The zero-order chi connectivity index (χ0) is 45.7. The summed E-state index contributed by atoms with van der Waals surface area (Å²) in [5.41, 5.74) is 1.42. The van der Waals surface area contributed by atoms with Gasteiger partial charge in [-0.3, -0.25) is 19.2 Å². The molecule has 0 aromatic heterocycles. The Labute approximate surface area is 368 Å². The number of piperidine rings is 1. The molecular formula is C49H73NO12. The van der Waals surface area contributed by atoms with Crippen molar-refractivity contribution >= 4 is 29.2 Å². The molecule has 4 aliphatic rings. The summed E-state index contributed by atoms with van der Waals surface area (Å²) in [5, 5.41) is 33.2. The Bertz CT molecular complexity index is 1710. The van der Waals surface area contributed by atoms with Crippen LogP contribution in [0, 0.1) is 23.7 Å². The maximum absolute atomic E-state index is 14.2. The first-order chi connectivity index (χ1) is 29.4. The Balaban J connectivity index is 1.64. The summed E-state index contributed by atoms with van der Waals surface area (Å²) in [4.78, 5) is 70.4. The smallest absolute Gasteiger partial charge is 0.329 e. The summed E-state index contributed by atoms with van der Waals surface area (Å²) in [6.45, 7) is 13.4. The molecule has 1 amide bonds. The van der Waals surface area contributed by atoms with Crippen molar-refractivity contribution in [3.8, 4) is 0 Å². The predicted octanol–water partition coefficient (Wildman–Crippen LogP) is 6.23. The van der Waals surface area contributed by atoms with Crippen LogP contribution in [0.4, 0.5) is 0 Å². The first-order valence-corrected chi connectivity index (χ1v) is 22.7. The average Bonchev–Trinajstić information content (AvgIpc) is 3.24. The summed E-state index contributed by atoms with van der Waals surface area (Å²) < 4.78 is 23.5. The summed E-state index contributed by atoms with van der Waals surface area (Å²) in [6, 6.07) is -1.14. The van der Waals surface area contributed by atoms with Crippen molar-refractivity contribution in [1.82, 2.24) is 4.90 Å². The monoisotopic (exact) mass is 868 g/mol. The number of hydrogen-bond donors (Lipinski definition) is 3. The van der Waals surface area contributed by atoms with Crippen LogP contribution in [0.5, 0.6) is 0 Å². The second kappa shape index (κ2) is 23.9. The van der Waals surface area contributed by atoms with Gasteiger partial charge in [-0.1, -0.05) is 63.8 Å². The Morgan fingerprint density at radius 2 is 1.66 bits per heavy atom. The number of amides is 1. The first kappa shape index (κ1) is 51.0. The number of ether oxygens (including phenoxy) is 4. The zero-order valence-corrected chi connectivity index (χ0v) is 38.1. The van der Waals surface area contributed by atoms with E-state index >= 15 is 0 Å². The van der Waals surface area contributed by atoms with Gasteiger partial charge in [-0.25, -0.2) is 4.79 Å². The molecule has 12 atom stereocenters. The van der Waals surface area contributed by atoms with Gasteiger partial charge in [0.15, 0.2) is 0 Å². The molecule has 0 aromatic carbocycles. The van der Waals surface area contributed by atoms with Gasteiger partial charge in [0.25, 0.3) is 17.5 Å². The van der Waals surface area contributed by atoms with Crippen LogP contribution in [-0.2, 0) is 42.9 Å². The number of nitrogens with zero attached hydrogens (tertiary/aromatic N) is 1. The number of rotatable bonds is 5. The Hall–Kier alpha value is -3.59. The normalized spacial score (nSPS) is 38.2. The second-order valence-corrected chi connectivity index (χ2v) is 18.4. The van der Waals surface area contributed by atoms with E-state index in [1.54, 1.807) is 27.2 Å². The molecule has 2 bridgehead atoms. The van der Waals surface area contributed by atoms with Crippen molar-refractivity contribution in [2.24, 2.45) is 23.7 Å². The number of methoxy groups -OCH3 is 2. The largest absolute Gasteiger partial charge is 0.460 e. The van der Waals surface area contributed by atoms with Crippen molar-refractivity contribution < 1.29 is 58.2 Å². The number of carbonyl (C=O) groups is 5. The lowest BCUT2D eigenvalue weighted by Crippen LogP contribution is -2.59. The van der Waals surface area contributed by atoms with Gasteiger partial charge in [0.1, 0.15) is 23.7 Å². The standard InChI is InChI=1S/C49H73NO12/c1-30-14-10-9-11-15-32(3)43(59-7)28-38-21-18-35(6)49(58,62-38)46(55)47(56)50-23-13-12-16-39(50)48(57)61-44(34(5)25-36-19-22-40(52)45(26-36)60-8)27-37(51)20-17-31(2)41(53)29-42(54)33(4)24-30/h9-11,14-15,17,30,33-34,36,38-41,43-45,52-53,58H,6,12-13,16,18-29H2,1-5,7-8H3/b11-9+,14-10+,31-17+,32-15+/t30-,33-,34-,36+,38+,39+,40-,41+,43+,44+,45-,49-/m1/s1. The molecule has 62 heavy (non-hydrogen) atoms. The molecule has 0 spiro atoms. The molecule has 0 unspecified atom stereocenters. The highest BCUT2D eigenvalue weighted by molar-refractivity contribution is 6.39. The predicted molar refractivity (Wildman–Crippen MR) is 234 cm³/mol. The van der Waals surface area contributed by atoms with E-state index in [2.05, 4.69) is 6.58 Å². The number of aliphatic hydroxyl groups excluding tert-OH is 2. The molecule has 1 saturated carbocycles. The lowest BCUT2D eigenvalue weighted by atomic mass is 9.78. The third kappa shape index (κ3) is 14.0. The Kier molecular flexibility index (Phi) is 19.7. The van der Waals surface area contributed by atoms with E-state index in [4.69, 9.17) is 18.9 Å². The molecule has 0 radical (unpaired) electrons. The molecule has 3 aliphatic heterocycles. The third-order valence-corrected chi connectivity index (χ3v) is 13.5. The second-order valence-electron chi connectivity index (χ2n) is 18.4. The van der Waals surface area contributed by atoms with Gasteiger partial charge < -0.3 is 39.2 Å². The van der Waals surface area contributed by atoms with E-state index < -0.39 is 60.0 Å². The number of ketones is 3. The van der Waals surface area contributed by atoms with Crippen molar-refractivity contribution in [2.45, 2.75) is 173 Å². The van der Waals surface area contributed by atoms with Crippen LogP contribution < -0.4 is 0 Å². The van der Waals surface area contributed by atoms with Crippen molar-refractivity contribution in [1.29, 1.82) is 0 Å². The molecule has 3 N–H and O–H groups in total. The minimum atomic E-state index is -2.61. The number of aliphatic hydroxyl groups is 3. The third-order valence-electron chi connectivity index (χ3n) is 13.5. The van der Waals surface area contributed by atoms with E-state index in [0.29, 0.717) is 50.5 Å². The van der Waals surface area contributed by atoms with Gasteiger partial charge in [-0.15, -0.1) is 0 Å². The van der Waals surface area contributed by atoms with Crippen LogP contribution in [0.1, 0.15) is 125 Å². The number of cyclic esters (lactones) is 1. The molecule has 3 heterocycles. The SMILES string of the molecule is C=C1CC[C@H]2C[C@H](OC)/C(C)=C/C=C/C=C/[C@@H](C)C[C@@H](C)C(=O)C[C@H](O)/C(C)=C/CC(=O)C[C@@H]([C@H](C)C[C@@H]3CC[C@@H](O)[C@H](OC)C3)OC(=O)[C@@H]3CCCCN3C(=O)C(=O)[C@]1(O)O2.